The molecule has 0 aliphatic carbocycles. The topological polar surface area (TPSA) is 49.0 Å². The zero-order valence-electron chi connectivity index (χ0n) is 8.06. The summed E-state index contributed by atoms with van der Waals surface area (Å²) in [6.07, 6.45) is 0. The van der Waals surface area contributed by atoms with Gasteiger partial charge in [-0.15, -0.1) is 11.3 Å². The average Bonchev–Trinajstić information content (AvgIpc) is 2.88. The van der Waals surface area contributed by atoms with Crippen molar-refractivity contribution in [2.75, 3.05) is 0 Å². The van der Waals surface area contributed by atoms with Gasteiger partial charge in [-0.25, -0.2) is 0 Å². The molecule has 0 bridgehead atoms. The van der Waals surface area contributed by atoms with Crippen LogP contribution in [-0.2, 0) is 13.1 Å². The summed E-state index contributed by atoms with van der Waals surface area (Å²) < 4.78 is 5.23. The molecule has 2 aromatic rings. The fraction of sp³-hybridized carbons (Fsp3) is 0.182. The highest BCUT2D eigenvalue weighted by atomic mass is 32.1. The van der Waals surface area contributed by atoms with Gasteiger partial charge in [-0.3, -0.25) is 0 Å². The Morgan fingerprint density at radius 3 is 2.93 bits per heavy atom. The molecule has 0 atom stereocenters. The van der Waals surface area contributed by atoms with E-state index in [-0.39, 0.29) is 0 Å². The van der Waals surface area contributed by atoms with E-state index in [1.165, 1.54) is 4.88 Å². The molecule has 0 aliphatic heterocycles. The molecule has 2 heterocycles. The highest BCUT2D eigenvalue weighted by Gasteiger charge is 2.00. The second-order valence-corrected chi connectivity index (χ2v) is 4.09. The van der Waals surface area contributed by atoms with Crippen molar-refractivity contribution in [3.05, 3.63) is 46.0 Å². The molecule has 1 N–H and O–H groups in total. The van der Waals surface area contributed by atoms with Crippen LogP contribution >= 0.6 is 11.3 Å². The van der Waals surface area contributed by atoms with Crippen molar-refractivity contribution in [3.8, 4) is 6.07 Å². The third-order valence-corrected chi connectivity index (χ3v) is 2.83. The number of thiophene rings is 1. The number of furan rings is 1. The van der Waals surface area contributed by atoms with Gasteiger partial charge in [0.25, 0.3) is 0 Å². The van der Waals surface area contributed by atoms with Crippen molar-refractivity contribution in [1.82, 2.24) is 5.32 Å². The summed E-state index contributed by atoms with van der Waals surface area (Å²) in [5.74, 6) is 1.16. The van der Waals surface area contributed by atoms with Crippen LogP contribution < -0.4 is 5.32 Å². The second-order valence-electron chi connectivity index (χ2n) is 3.06. The number of nitrogens with one attached hydrogen (secondary N) is 1. The normalized spacial score (nSPS) is 10.1. The van der Waals surface area contributed by atoms with Crippen LogP contribution in [0.15, 0.2) is 34.1 Å². The summed E-state index contributed by atoms with van der Waals surface area (Å²) in [5.41, 5.74) is 0. The Kier molecular flexibility index (Phi) is 3.18. The first-order chi connectivity index (χ1) is 7.38. The zero-order chi connectivity index (χ0) is 10.5. The smallest absolute Gasteiger partial charge is 0.203 e. The molecule has 2 rings (SSSR count). The van der Waals surface area contributed by atoms with Crippen LogP contribution in [-0.4, -0.2) is 0 Å². The molecular formula is C11H10N2OS. The fourth-order valence-corrected chi connectivity index (χ4v) is 1.93. The van der Waals surface area contributed by atoms with E-state index >= 15 is 0 Å². The number of hydrogen-bond donors (Lipinski definition) is 1. The first-order valence-corrected chi connectivity index (χ1v) is 5.48. The summed E-state index contributed by atoms with van der Waals surface area (Å²) in [4.78, 5) is 1.29. The minimum atomic E-state index is 0.364. The molecule has 0 unspecified atom stereocenters. The monoisotopic (exact) mass is 218 g/mol. The van der Waals surface area contributed by atoms with E-state index in [9.17, 15) is 0 Å². The minimum Gasteiger partial charge on any atom is -0.449 e. The molecule has 76 valence electrons. The molecule has 0 saturated heterocycles. The van der Waals surface area contributed by atoms with Crippen molar-refractivity contribution in [2.24, 2.45) is 0 Å². The van der Waals surface area contributed by atoms with Gasteiger partial charge in [0, 0.05) is 11.4 Å². The molecule has 0 amide bonds. The molecule has 0 radical (unpaired) electrons. The lowest BCUT2D eigenvalue weighted by molar-refractivity contribution is 0.474. The quantitative estimate of drug-likeness (QED) is 0.857. The van der Waals surface area contributed by atoms with Gasteiger partial charge < -0.3 is 9.73 Å². The van der Waals surface area contributed by atoms with Gasteiger partial charge >= 0.3 is 0 Å². The molecule has 0 fully saturated rings. The van der Waals surface area contributed by atoms with Crippen molar-refractivity contribution >= 4 is 11.3 Å². The molecule has 0 saturated carbocycles. The van der Waals surface area contributed by atoms with E-state index in [1.54, 1.807) is 17.4 Å². The SMILES string of the molecule is N#Cc1ccc(CNCc2cccs2)o1. The van der Waals surface area contributed by atoms with Crippen molar-refractivity contribution < 1.29 is 4.42 Å². The third-order valence-electron chi connectivity index (χ3n) is 1.95. The lowest BCUT2D eigenvalue weighted by Crippen LogP contribution is -2.10. The van der Waals surface area contributed by atoms with E-state index in [4.69, 9.17) is 9.68 Å². The van der Waals surface area contributed by atoms with E-state index in [0.29, 0.717) is 12.3 Å². The maximum atomic E-state index is 8.56. The number of rotatable bonds is 4. The molecular weight excluding hydrogens is 208 g/mol. The number of nitrogens with zero attached hydrogens (tertiary/aromatic N) is 1. The Bertz CT molecular complexity index is 453. The van der Waals surface area contributed by atoms with E-state index in [1.807, 2.05) is 18.2 Å². The van der Waals surface area contributed by atoms with Gasteiger partial charge in [0.15, 0.2) is 0 Å². The van der Waals surface area contributed by atoms with Crippen LogP contribution in [0.5, 0.6) is 0 Å². The standard InChI is InChI=1S/C11H10N2OS/c12-6-9-3-4-10(14-9)7-13-8-11-2-1-5-15-11/h1-5,13H,7-8H2. The van der Waals surface area contributed by atoms with Gasteiger partial charge in [-0.2, -0.15) is 5.26 Å². The average molecular weight is 218 g/mol. The van der Waals surface area contributed by atoms with Crippen LogP contribution in [0.2, 0.25) is 0 Å². The van der Waals surface area contributed by atoms with Gasteiger partial charge in [-0.1, -0.05) is 6.07 Å². The Morgan fingerprint density at radius 2 is 2.27 bits per heavy atom. The molecule has 15 heavy (non-hydrogen) atoms. The van der Waals surface area contributed by atoms with Crippen molar-refractivity contribution in [1.29, 1.82) is 5.26 Å². The maximum Gasteiger partial charge on any atom is 0.203 e. The predicted molar refractivity (Wildman–Crippen MR) is 58.3 cm³/mol. The Labute approximate surface area is 92.0 Å². The number of nitriles is 1. The van der Waals surface area contributed by atoms with E-state index < -0.39 is 0 Å². The molecule has 2 aromatic heterocycles. The van der Waals surface area contributed by atoms with Gasteiger partial charge in [0.2, 0.25) is 5.76 Å². The number of hydrogen-bond acceptors (Lipinski definition) is 4. The van der Waals surface area contributed by atoms with E-state index in [2.05, 4.69) is 16.8 Å². The highest BCUT2D eigenvalue weighted by molar-refractivity contribution is 7.09. The molecule has 0 spiro atoms. The van der Waals surface area contributed by atoms with Crippen LogP contribution in [0.1, 0.15) is 16.4 Å². The first-order valence-electron chi connectivity index (χ1n) is 4.60. The predicted octanol–water partition coefficient (Wildman–Crippen LogP) is 2.50. The third kappa shape index (κ3) is 2.69. The van der Waals surface area contributed by atoms with Crippen molar-refractivity contribution in [3.63, 3.8) is 0 Å². The highest BCUT2D eigenvalue weighted by Crippen LogP contribution is 2.09. The second kappa shape index (κ2) is 4.78. The zero-order valence-corrected chi connectivity index (χ0v) is 8.88. The first kappa shape index (κ1) is 9.97. The molecule has 0 aliphatic rings. The van der Waals surface area contributed by atoms with Gasteiger partial charge in [0.05, 0.1) is 6.54 Å². The van der Waals surface area contributed by atoms with Crippen LogP contribution in [0.25, 0.3) is 0 Å². The molecule has 4 heteroatoms. The Morgan fingerprint density at radius 1 is 1.33 bits per heavy atom. The van der Waals surface area contributed by atoms with Crippen LogP contribution in [0, 0.1) is 11.3 Å². The van der Waals surface area contributed by atoms with Gasteiger partial charge in [-0.05, 0) is 23.6 Å². The lowest BCUT2D eigenvalue weighted by atomic mass is 10.4. The van der Waals surface area contributed by atoms with Gasteiger partial charge in [0.1, 0.15) is 11.8 Å². The fourth-order valence-electron chi connectivity index (χ4n) is 1.26. The summed E-state index contributed by atoms with van der Waals surface area (Å²) in [6.45, 7) is 1.49. The van der Waals surface area contributed by atoms with Crippen LogP contribution in [0.3, 0.4) is 0 Å². The Balaban J connectivity index is 1.81. The summed E-state index contributed by atoms with van der Waals surface area (Å²) in [6, 6.07) is 9.58. The maximum absolute atomic E-state index is 8.56. The van der Waals surface area contributed by atoms with Crippen LogP contribution in [0.4, 0.5) is 0 Å². The molecule has 0 aromatic carbocycles. The van der Waals surface area contributed by atoms with E-state index in [0.717, 1.165) is 12.3 Å². The summed E-state index contributed by atoms with van der Waals surface area (Å²) in [7, 11) is 0. The molecule has 3 nitrogen and oxygen atoms in total. The Hall–Kier alpha value is -1.57. The lowest BCUT2D eigenvalue weighted by Gasteiger charge is -1.99. The van der Waals surface area contributed by atoms with Crippen molar-refractivity contribution in [2.45, 2.75) is 13.1 Å². The minimum absolute atomic E-state index is 0.364. The summed E-state index contributed by atoms with van der Waals surface area (Å²) >= 11 is 1.72. The summed E-state index contributed by atoms with van der Waals surface area (Å²) in [5, 5.41) is 13.9. The largest absolute Gasteiger partial charge is 0.449 e.